The Labute approximate surface area is 132 Å². The van der Waals surface area contributed by atoms with Gasteiger partial charge in [0, 0.05) is 18.7 Å². The lowest BCUT2D eigenvalue weighted by molar-refractivity contribution is -0.385. The Bertz CT molecular complexity index is 713. The number of hydrogen-bond donors (Lipinski definition) is 1. The molecule has 2 N–H and O–H groups in total. The molecule has 0 unspecified atom stereocenters. The predicted octanol–water partition coefficient (Wildman–Crippen LogP) is 2.67. The number of hydrogen-bond acceptors (Lipinski definition) is 5. The summed E-state index contributed by atoms with van der Waals surface area (Å²) in [6, 6.07) is 11.0. The zero-order valence-electron chi connectivity index (χ0n) is 12.5. The monoisotopic (exact) mass is 316 g/mol. The SMILES string of the molecule is COCCc1ccc(Oc2ccc(C(N)=O)cc2[N+](=O)[O-])cc1. The second-order valence-electron chi connectivity index (χ2n) is 4.79. The summed E-state index contributed by atoms with van der Waals surface area (Å²) >= 11 is 0. The van der Waals surface area contributed by atoms with E-state index in [1.54, 1.807) is 19.2 Å². The zero-order chi connectivity index (χ0) is 16.8. The molecule has 2 aromatic rings. The van der Waals surface area contributed by atoms with Gasteiger partial charge in [0.05, 0.1) is 11.5 Å². The Morgan fingerprint density at radius 2 is 1.91 bits per heavy atom. The van der Waals surface area contributed by atoms with Crippen molar-refractivity contribution in [2.45, 2.75) is 6.42 Å². The third kappa shape index (κ3) is 4.27. The van der Waals surface area contributed by atoms with Crippen LogP contribution in [0.3, 0.4) is 0 Å². The van der Waals surface area contributed by atoms with Crippen LogP contribution in [0.15, 0.2) is 42.5 Å². The molecule has 23 heavy (non-hydrogen) atoms. The van der Waals surface area contributed by atoms with Crippen LogP contribution < -0.4 is 10.5 Å². The predicted molar refractivity (Wildman–Crippen MR) is 83.7 cm³/mol. The molecule has 0 atom stereocenters. The molecule has 7 nitrogen and oxygen atoms in total. The molecule has 0 radical (unpaired) electrons. The molecule has 120 valence electrons. The molecule has 0 aliphatic heterocycles. The van der Waals surface area contributed by atoms with Gasteiger partial charge in [-0.05, 0) is 36.2 Å². The molecule has 2 aromatic carbocycles. The highest BCUT2D eigenvalue weighted by molar-refractivity contribution is 5.93. The van der Waals surface area contributed by atoms with Gasteiger partial charge >= 0.3 is 5.69 Å². The molecular weight excluding hydrogens is 300 g/mol. The first kappa shape index (κ1) is 16.4. The van der Waals surface area contributed by atoms with Crippen molar-refractivity contribution in [2.75, 3.05) is 13.7 Å². The number of amides is 1. The number of methoxy groups -OCH3 is 1. The van der Waals surface area contributed by atoms with Crippen molar-refractivity contribution >= 4 is 11.6 Å². The average molecular weight is 316 g/mol. The summed E-state index contributed by atoms with van der Waals surface area (Å²) in [6.45, 7) is 0.611. The fourth-order valence-corrected chi connectivity index (χ4v) is 1.97. The van der Waals surface area contributed by atoms with Crippen LogP contribution in [0, 0.1) is 10.1 Å². The number of primary amides is 1. The van der Waals surface area contributed by atoms with Crippen LogP contribution in [0.4, 0.5) is 5.69 Å². The maximum Gasteiger partial charge on any atom is 0.312 e. The summed E-state index contributed by atoms with van der Waals surface area (Å²) in [6.07, 6.45) is 0.768. The summed E-state index contributed by atoms with van der Waals surface area (Å²) in [5.74, 6) is -0.229. The summed E-state index contributed by atoms with van der Waals surface area (Å²) in [5.41, 5.74) is 5.94. The number of nitrogens with two attached hydrogens (primary N) is 1. The minimum atomic E-state index is -0.734. The topological polar surface area (TPSA) is 105 Å². The molecule has 7 heteroatoms. The Morgan fingerprint density at radius 1 is 1.22 bits per heavy atom. The van der Waals surface area contributed by atoms with E-state index in [0.717, 1.165) is 18.1 Å². The van der Waals surface area contributed by atoms with E-state index in [0.29, 0.717) is 12.4 Å². The molecule has 0 saturated carbocycles. The van der Waals surface area contributed by atoms with Gasteiger partial charge in [0.1, 0.15) is 5.75 Å². The van der Waals surface area contributed by atoms with Gasteiger partial charge in [0.15, 0.2) is 0 Å². The molecule has 2 rings (SSSR count). The molecule has 1 amide bonds. The lowest BCUT2D eigenvalue weighted by Gasteiger charge is -2.08. The van der Waals surface area contributed by atoms with Crippen molar-refractivity contribution in [1.82, 2.24) is 0 Å². The molecule has 0 aromatic heterocycles. The summed E-state index contributed by atoms with van der Waals surface area (Å²) in [7, 11) is 1.63. The van der Waals surface area contributed by atoms with Gasteiger partial charge in [0.2, 0.25) is 11.7 Å². The maximum atomic E-state index is 11.1. The van der Waals surface area contributed by atoms with E-state index in [4.69, 9.17) is 15.2 Å². The lowest BCUT2D eigenvalue weighted by atomic mass is 10.1. The van der Waals surface area contributed by atoms with Crippen LogP contribution in [0.5, 0.6) is 11.5 Å². The van der Waals surface area contributed by atoms with Gasteiger partial charge < -0.3 is 15.2 Å². The highest BCUT2D eigenvalue weighted by Gasteiger charge is 2.18. The van der Waals surface area contributed by atoms with Gasteiger partial charge in [-0.25, -0.2) is 0 Å². The van der Waals surface area contributed by atoms with E-state index < -0.39 is 10.8 Å². The summed E-state index contributed by atoms with van der Waals surface area (Å²) < 4.78 is 10.5. The molecule has 0 heterocycles. The number of rotatable bonds is 7. The third-order valence-corrected chi connectivity index (χ3v) is 3.19. The van der Waals surface area contributed by atoms with Crippen LogP contribution in [0.25, 0.3) is 0 Å². The number of nitrogens with zero attached hydrogens (tertiary/aromatic N) is 1. The van der Waals surface area contributed by atoms with Gasteiger partial charge in [-0.3, -0.25) is 14.9 Å². The van der Waals surface area contributed by atoms with Gasteiger partial charge in [-0.1, -0.05) is 12.1 Å². The van der Waals surface area contributed by atoms with Crippen molar-refractivity contribution in [3.63, 3.8) is 0 Å². The van der Waals surface area contributed by atoms with Crippen LogP contribution >= 0.6 is 0 Å². The van der Waals surface area contributed by atoms with Crippen molar-refractivity contribution < 1.29 is 19.2 Å². The Morgan fingerprint density at radius 3 is 2.48 bits per heavy atom. The standard InChI is InChI=1S/C16H16N2O5/c1-22-9-8-11-2-5-13(6-3-11)23-15-7-4-12(16(17)19)10-14(15)18(20)21/h2-7,10H,8-9H2,1H3,(H2,17,19). The number of nitro groups is 1. The smallest absolute Gasteiger partial charge is 0.312 e. The van der Waals surface area contributed by atoms with Crippen molar-refractivity contribution in [2.24, 2.45) is 5.73 Å². The normalized spacial score (nSPS) is 10.3. The molecule has 0 aliphatic carbocycles. The Kier molecular flexibility index (Phi) is 5.27. The number of carbonyl (C=O) groups is 1. The highest BCUT2D eigenvalue weighted by Crippen LogP contribution is 2.32. The summed E-state index contributed by atoms with van der Waals surface area (Å²) in [5, 5.41) is 11.1. The van der Waals surface area contributed by atoms with E-state index in [1.807, 2.05) is 12.1 Å². The molecule has 0 fully saturated rings. The first-order valence-electron chi connectivity index (χ1n) is 6.85. The van der Waals surface area contributed by atoms with Crippen molar-refractivity contribution in [1.29, 1.82) is 0 Å². The van der Waals surface area contributed by atoms with E-state index in [9.17, 15) is 14.9 Å². The quantitative estimate of drug-likeness (QED) is 0.624. The van der Waals surface area contributed by atoms with E-state index in [1.165, 1.54) is 12.1 Å². The van der Waals surface area contributed by atoms with Crippen LogP contribution in [-0.4, -0.2) is 24.5 Å². The first-order valence-corrected chi connectivity index (χ1v) is 6.85. The number of benzene rings is 2. The lowest BCUT2D eigenvalue weighted by Crippen LogP contribution is -2.11. The fraction of sp³-hybridized carbons (Fsp3) is 0.188. The van der Waals surface area contributed by atoms with E-state index in [-0.39, 0.29) is 17.0 Å². The highest BCUT2D eigenvalue weighted by atomic mass is 16.6. The number of nitro benzene ring substituents is 1. The molecule has 0 spiro atoms. The second-order valence-corrected chi connectivity index (χ2v) is 4.79. The largest absolute Gasteiger partial charge is 0.450 e. The zero-order valence-corrected chi connectivity index (χ0v) is 12.5. The van der Waals surface area contributed by atoms with E-state index >= 15 is 0 Å². The Balaban J connectivity index is 2.22. The molecule has 0 saturated heterocycles. The minimum absolute atomic E-state index is 0.0460. The molecular formula is C16H16N2O5. The first-order chi connectivity index (χ1) is 11.0. The minimum Gasteiger partial charge on any atom is -0.450 e. The fourth-order valence-electron chi connectivity index (χ4n) is 1.97. The van der Waals surface area contributed by atoms with Crippen LogP contribution in [-0.2, 0) is 11.2 Å². The summed E-state index contributed by atoms with van der Waals surface area (Å²) in [4.78, 5) is 21.6. The second kappa shape index (κ2) is 7.37. The Hall–Kier alpha value is -2.93. The van der Waals surface area contributed by atoms with Gasteiger partial charge in [0.25, 0.3) is 0 Å². The number of ether oxygens (including phenoxy) is 2. The van der Waals surface area contributed by atoms with E-state index in [2.05, 4.69) is 0 Å². The third-order valence-electron chi connectivity index (χ3n) is 3.19. The maximum absolute atomic E-state index is 11.1. The van der Waals surface area contributed by atoms with Crippen molar-refractivity contribution in [3.8, 4) is 11.5 Å². The number of carbonyl (C=O) groups excluding carboxylic acids is 1. The van der Waals surface area contributed by atoms with Crippen molar-refractivity contribution in [3.05, 3.63) is 63.7 Å². The van der Waals surface area contributed by atoms with Crippen LogP contribution in [0.1, 0.15) is 15.9 Å². The average Bonchev–Trinajstić information content (AvgIpc) is 2.54. The van der Waals surface area contributed by atoms with Gasteiger partial charge in [-0.2, -0.15) is 0 Å². The molecule has 0 bridgehead atoms. The van der Waals surface area contributed by atoms with Crippen LogP contribution in [0.2, 0.25) is 0 Å². The molecule has 0 aliphatic rings. The van der Waals surface area contributed by atoms with Gasteiger partial charge in [-0.15, -0.1) is 0 Å².